The molecule has 1 unspecified atom stereocenters. The third-order valence-corrected chi connectivity index (χ3v) is 4.72. The van der Waals surface area contributed by atoms with Gasteiger partial charge in [-0.15, -0.1) is 11.8 Å². The fourth-order valence-corrected chi connectivity index (χ4v) is 3.77. The van der Waals surface area contributed by atoms with Gasteiger partial charge in [-0.2, -0.15) is 0 Å². The molecule has 1 N–H and O–H groups in total. The smallest absolute Gasteiger partial charge is 0.352 e. The first-order valence-corrected chi connectivity index (χ1v) is 7.43. The van der Waals surface area contributed by atoms with Crippen LogP contribution in [0.15, 0.2) is 23.5 Å². The normalized spacial score (nSPS) is 25.5. The number of amides is 1. The largest absolute Gasteiger partial charge is 0.477 e. The molecule has 0 aliphatic carbocycles. The van der Waals surface area contributed by atoms with E-state index in [2.05, 4.69) is 9.55 Å². The SMILES string of the molecule is O=C(O)C1=CCC2C(=Cc3cn4c(n3)CSC4)C(=O)N12. The molecule has 1 saturated heterocycles. The molecular formula is C13H11N3O3S. The number of imidazole rings is 1. The van der Waals surface area contributed by atoms with Crippen LogP contribution in [0.1, 0.15) is 17.9 Å². The van der Waals surface area contributed by atoms with Crippen LogP contribution in [-0.2, 0) is 21.2 Å². The summed E-state index contributed by atoms with van der Waals surface area (Å²) in [4.78, 5) is 28.9. The van der Waals surface area contributed by atoms with Crippen LogP contribution < -0.4 is 0 Å². The minimum Gasteiger partial charge on any atom is -0.477 e. The van der Waals surface area contributed by atoms with E-state index in [1.807, 2.05) is 18.0 Å². The lowest BCUT2D eigenvalue weighted by Crippen LogP contribution is -2.52. The molecule has 0 radical (unpaired) electrons. The number of carbonyl (C=O) groups excluding carboxylic acids is 1. The van der Waals surface area contributed by atoms with Crippen LogP contribution in [0.25, 0.3) is 6.08 Å². The van der Waals surface area contributed by atoms with E-state index in [1.54, 1.807) is 12.2 Å². The van der Waals surface area contributed by atoms with Crippen molar-refractivity contribution in [2.75, 3.05) is 0 Å². The van der Waals surface area contributed by atoms with Gasteiger partial charge in [0.2, 0.25) is 0 Å². The Kier molecular flexibility index (Phi) is 2.35. The molecule has 6 nitrogen and oxygen atoms in total. The first-order valence-electron chi connectivity index (χ1n) is 6.27. The number of carboxylic acids is 1. The zero-order valence-electron chi connectivity index (χ0n) is 10.4. The lowest BCUT2D eigenvalue weighted by atomic mass is 9.94. The standard InChI is InChI=1S/C13H11N3O3S/c17-12-8(9-1-2-10(13(18)19)16(9)12)3-7-4-15-6-20-5-11(15)14-7/h2-4,9H,1,5-6H2,(H,18,19). The Hall–Kier alpha value is -2.02. The van der Waals surface area contributed by atoms with E-state index in [1.165, 1.54) is 4.90 Å². The zero-order valence-corrected chi connectivity index (χ0v) is 11.3. The Morgan fingerprint density at radius 1 is 1.55 bits per heavy atom. The van der Waals surface area contributed by atoms with Gasteiger partial charge in [-0.05, 0) is 12.5 Å². The minimum absolute atomic E-state index is 0.0980. The zero-order chi connectivity index (χ0) is 13.9. The van der Waals surface area contributed by atoms with Crippen molar-refractivity contribution in [1.82, 2.24) is 14.5 Å². The molecule has 4 rings (SSSR count). The van der Waals surface area contributed by atoms with Crippen molar-refractivity contribution < 1.29 is 14.7 Å². The molecule has 102 valence electrons. The Morgan fingerprint density at radius 3 is 3.15 bits per heavy atom. The summed E-state index contributed by atoms with van der Waals surface area (Å²) in [6, 6.07) is -0.125. The van der Waals surface area contributed by atoms with Crippen molar-refractivity contribution in [2.45, 2.75) is 24.1 Å². The van der Waals surface area contributed by atoms with Gasteiger partial charge in [-0.1, -0.05) is 6.08 Å². The topological polar surface area (TPSA) is 75.4 Å². The van der Waals surface area contributed by atoms with E-state index in [4.69, 9.17) is 5.11 Å². The summed E-state index contributed by atoms with van der Waals surface area (Å²) in [7, 11) is 0. The maximum atomic E-state index is 12.1. The molecule has 1 atom stereocenters. The molecule has 20 heavy (non-hydrogen) atoms. The van der Waals surface area contributed by atoms with Crippen molar-refractivity contribution in [3.8, 4) is 0 Å². The monoisotopic (exact) mass is 289 g/mol. The molecule has 3 aliphatic heterocycles. The Labute approximate surface area is 118 Å². The number of aliphatic carboxylic acids is 1. The van der Waals surface area contributed by atoms with Crippen LogP contribution in [0.2, 0.25) is 0 Å². The van der Waals surface area contributed by atoms with E-state index in [-0.39, 0.29) is 17.6 Å². The average Bonchev–Trinajstić information content (AvgIpc) is 3.07. The summed E-state index contributed by atoms with van der Waals surface area (Å²) in [6.45, 7) is 0. The molecule has 4 heterocycles. The lowest BCUT2D eigenvalue weighted by molar-refractivity contribution is -0.142. The van der Waals surface area contributed by atoms with Crippen LogP contribution in [0, 0.1) is 0 Å². The molecule has 1 amide bonds. The Morgan fingerprint density at radius 2 is 2.40 bits per heavy atom. The summed E-state index contributed by atoms with van der Waals surface area (Å²) in [5.74, 6) is 1.57. The van der Waals surface area contributed by atoms with E-state index in [0.29, 0.717) is 12.0 Å². The maximum Gasteiger partial charge on any atom is 0.352 e. The van der Waals surface area contributed by atoms with Crippen molar-refractivity contribution in [3.63, 3.8) is 0 Å². The quantitative estimate of drug-likeness (QED) is 0.650. The number of fused-ring (bicyclic) bond motifs is 2. The maximum absolute atomic E-state index is 12.1. The first kappa shape index (κ1) is 11.8. The van der Waals surface area contributed by atoms with Crippen molar-refractivity contribution in [3.05, 3.63) is 35.1 Å². The fourth-order valence-electron chi connectivity index (χ4n) is 2.84. The van der Waals surface area contributed by atoms with E-state index >= 15 is 0 Å². The molecule has 0 saturated carbocycles. The van der Waals surface area contributed by atoms with Gasteiger partial charge in [0.25, 0.3) is 5.91 Å². The molecule has 1 aromatic rings. The number of rotatable bonds is 2. The second kappa shape index (κ2) is 3.99. The number of carboxylic acid groups (broad SMARTS) is 1. The number of hydrogen-bond donors (Lipinski definition) is 1. The molecule has 0 spiro atoms. The average molecular weight is 289 g/mol. The third kappa shape index (κ3) is 1.49. The Balaban J connectivity index is 1.61. The second-order valence-electron chi connectivity index (χ2n) is 4.95. The summed E-state index contributed by atoms with van der Waals surface area (Å²) in [5.41, 5.74) is 1.54. The second-order valence-corrected chi connectivity index (χ2v) is 5.91. The molecule has 1 fully saturated rings. The van der Waals surface area contributed by atoms with Crippen molar-refractivity contribution in [2.24, 2.45) is 0 Å². The van der Waals surface area contributed by atoms with Crippen LogP contribution in [0.5, 0.6) is 0 Å². The summed E-state index contributed by atoms with van der Waals surface area (Å²) in [6.07, 6.45) is 5.91. The van der Waals surface area contributed by atoms with Gasteiger partial charge in [0.05, 0.1) is 23.4 Å². The number of thioether (sulfide) groups is 1. The van der Waals surface area contributed by atoms with Crippen molar-refractivity contribution in [1.29, 1.82) is 0 Å². The molecule has 0 aromatic carbocycles. The number of nitrogens with zero attached hydrogens (tertiary/aromatic N) is 3. The predicted octanol–water partition coefficient (Wildman–Crippen LogP) is 1.05. The van der Waals surface area contributed by atoms with Crippen LogP contribution in [0.3, 0.4) is 0 Å². The summed E-state index contributed by atoms with van der Waals surface area (Å²) in [5, 5.41) is 9.01. The summed E-state index contributed by atoms with van der Waals surface area (Å²) < 4.78 is 2.08. The summed E-state index contributed by atoms with van der Waals surface area (Å²) >= 11 is 1.81. The molecular weight excluding hydrogens is 278 g/mol. The third-order valence-electron chi connectivity index (χ3n) is 3.79. The predicted molar refractivity (Wildman–Crippen MR) is 72.5 cm³/mol. The highest BCUT2D eigenvalue weighted by molar-refractivity contribution is 7.97. The number of aromatic nitrogens is 2. The van der Waals surface area contributed by atoms with Gasteiger partial charge in [0.15, 0.2) is 0 Å². The highest BCUT2D eigenvalue weighted by atomic mass is 32.2. The number of hydrogen-bond acceptors (Lipinski definition) is 4. The number of carbonyl (C=O) groups is 2. The van der Waals surface area contributed by atoms with Crippen LogP contribution >= 0.6 is 11.8 Å². The Bertz CT molecular complexity index is 682. The number of β-lactam (4-membered cyclic amide) rings is 1. The fraction of sp³-hybridized carbons (Fsp3) is 0.308. The van der Waals surface area contributed by atoms with Crippen LogP contribution in [0.4, 0.5) is 0 Å². The van der Waals surface area contributed by atoms with Gasteiger partial charge in [-0.25, -0.2) is 9.78 Å². The van der Waals surface area contributed by atoms with Gasteiger partial charge in [-0.3, -0.25) is 9.69 Å². The van der Waals surface area contributed by atoms with Crippen LogP contribution in [-0.4, -0.2) is 37.5 Å². The molecule has 1 aromatic heterocycles. The molecule has 7 heteroatoms. The minimum atomic E-state index is -1.04. The molecule has 0 bridgehead atoms. The highest BCUT2D eigenvalue weighted by Crippen LogP contribution is 2.39. The van der Waals surface area contributed by atoms with Gasteiger partial charge < -0.3 is 9.67 Å². The lowest BCUT2D eigenvalue weighted by Gasteiger charge is -2.38. The van der Waals surface area contributed by atoms with Crippen molar-refractivity contribution >= 4 is 29.7 Å². The van der Waals surface area contributed by atoms with Gasteiger partial charge in [0.1, 0.15) is 11.5 Å². The molecule has 3 aliphatic rings. The van der Waals surface area contributed by atoms with Gasteiger partial charge >= 0.3 is 5.97 Å². The highest BCUT2D eigenvalue weighted by Gasteiger charge is 2.48. The van der Waals surface area contributed by atoms with E-state index < -0.39 is 5.97 Å². The van der Waals surface area contributed by atoms with Gasteiger partial charge in [0, 0.05) is 11.8 Å². The van der Waals surface area contributed by atoms with E-state index in [0.717, 1.165) is 23.1 Å². The van der Waals surface area contributed by atoms with E-state index in [9.17, 15) is 9.59 Å². The first-order chi connectivity index (χ1) is 9.65.